The maximum Gasteiger partial charge on any atom is 0.308 e. The molecule has 0 heterocycles. The van der Waals surface area contributed by atoms with Gasteiger partial charge in [0.1, 0.15) is 6.10 Å². The van der Waals surface area contributed by atoms with E-state index in [1.54, 1.807) is 0 Å². The van der Waals surface area contributed by atoms with Gasteiger partial charge in [-0.25, -0.2) is 0 Å². The first kappa shape index (κ1) is 8.57. The second-order valence-electron chi connectivity index (χ2n) is 3.30. The van der Waals surface area contributed by atoms with Crippen LogP contribution in [0.15, 0.2) is 0 Å². The average molecular weight is 156 g/mol. The van der Waals surface area contributed by atoms with E-state index in [9.17, 15) is 4.79 Å². The molecule has 1 fully saturated rings. The smallest absolute Gasteiger partial charge is 0.308 e. The van der Waals surface area contributed by atoms with E-state index in [0.717, 1.165) is 19.3 Å². The Kier molecular flexibility index (Phi) is 2.92. The lowest BCUT2D eigenvalue weighted by molar-refractivity contribution is -0.157. The first-order valence-corrected chi connectivity index (χ1v) is 4.44. The summed E-state index contributed by atoms with van der Waals surface area (Å²) >= 11 is 0. The van der Waals surface area contributed by atoms with Crippen LogP contribution in [0.3, 0.4) is 0 Å². The van der Waals surface area contributed by atoms with E-state index >= 15 is 0 Å². The van der Waals surface area contributed by atoms with Crippen molar-refractivity contribution in [3.8, 4) is 0 Å². The highest BCUT2D eigenvalue weighted by molar-refractivity contribution is 5.72. The van der Waals surface area contributed by atoms with Crippen molar-refractivity contribution in [2.75, 3.05) is 0 Å². The van der Waals surface area contributed by atoms with Gasteiger partial charge in [-0.1, -0.05) is 13.8 Å². The van der Waals surface area contributed by atoms with Gasteiger partial charge in [0, 0.05) is 0 Å². The fraction of sp³-hybridized carbons (Fsp3) is 0.889. The molecule has 0 N–H and O–H groups in total. The molecule has 0 aromatic rings. The molecule has 0 radical (unpaired) electrons. The summed E-state index contributed by atoms with van der Waals surface area (Å²) in [5, 5.41) is 0. The normalized spacial score (nSPS) is 20.5. The third-order valence-corrected chi connectivity index (χ3v) is 2.35. The lowest BCUT2D eigenvalue weighted by Gasteiger charge is -2.26. The number of hydrogen-bond acceptors (Lipinski definition) is 2. The summed E-state index contributed by atoms with van der Waals surface area (Å²) in [6.07, 6.45) is 4.49. The molecule has 64 valence electrons. The van der Waals surface area contributed by atoms with Crippen molar-refractivity contribution in [1.29, 1.82) is 0 Å². The molecule has 1 rings (SSSR count). The molecule has 1 unspecified atom stereocenters. The van der Waals surface area contributed by atoms with Crippen LogP contribution in [0.4, 0.5) is 0 Å². The van der Waals surface area contributed by atoms with Crippen LogP contribution in [-0.4, -0.2) is 12.1 Å². The van der Waals surface area contributed by atoms with Gasteiger partial charge in [0.15, 0.2) is 0 Å². The Labute approximate surface area is 67.9 Å². The minimum absolute atomic E-state index is 0.0165. The third kappa shape index (κ3) is 2.21. The number of hydrogen-bond donors (Lipinski definition) is 0. The van der Waals surface area contributed by atoms with E-state index in [-0.39, 0.29) is 18.0 Å². The van der Waals surface area contributed by atoms with Gasteiger partial charge >= 0.3 is 5.97 Å². The van der Waals surface area contributed by atoms with E-state index in [1.165, 1.54) is 6.42 Å². The highest BCUT2D eigenvalue weighted by Gasteiger charge is 2.23. The lowest BCUT2D eigenvalue weighted by atomic mass is 9.96. The average Bonchev–Trinajstić information content (AvgIpc) is 1.94. The van der Waals surface area contributed by atoms with Crippen molar-refractivity contribution in [1.82, 2.24) is 0 Å². The SMILES string of the molecule is CCC(C)C(=O)OC1CCC1. The fourth-order valence-corrected chi connectivity index (χ4v) is 0.936. The predicted molar refractivity (Wildman–Crippen MR) is 43.2 cm³/mol. The van der Waals surface area contributed by atoms with Gasteiger partial charge in [0.05, 0.1) is 5.92 Å². The zero-order chi connectivity index (χ0) is 8.27. The molecule has 1 saturated carbocycles. The summed E-state index contributed by atoms with van der Waals surface area (Å²) < 4.78 is 5.20. The van der Waals surface area contributed by atoms with Gasteiger partial charge in [-0.05, 0) is 25.7 Å². The quantitative estimate of drug-likeness (QED) is 0.585. The molecule has 11 heavy (non-hydrogen) atoms. The van der Waals surface area contributed by atoms with E-state index in [1.807, 2.05) is 13.8 Å². The van der Waals surface area contributed by atoms with E-state index < -0.39 is 0 Å². The van der Waals surface area contributed by atoms with Crippen molar-refractivity contribution in [2.45, 2.75) is 45.6 Å². The molecular weight excluding hydrogens is 140 g/mol. The standard InChI is InChI=1S/C9H16O2/c1-3-7(2)9(10)11-8-5-4-6-8/h7-8H,3-6H2,1-2H3. The van der Waals surface area contributed by atoms with Crippen molar-refractivity contribution in [3.05, 3.63) is 0 Å². The molecule has 0 aromatic heterocycles. The summed E-state index contributed by atoms with van der Waals surface area (Å²) in [7, 11) is 0. The third-order valence-electron chi connectivity index (χ3n) is 2.35. The molecule has 1 aliphatic carbocycles. The zero-order valence-electron chi connectivity index (χ0n) is 7.30. The summed E-state index contributed by atoms with van der Waals surface area (Å²) in [6.45, 7) is 3.92. The zero-order valence-corrected chi connectivity index (χ0v) is 7.30. The summed E-state index contributed by atoms with van der Waals surface area (Å²) in [5.41, 5.74) is 0. The summed E-state index contributed by atoms with van der Waals surface area (Å²) in [4.78, 5) is 11.2. The van der Waals surface area contributed by atoms with Crippen molar-refractivity contribution in [3.63, 3.8) is 0 Å². The topological polar surface area (TPSA) is 26.3 Å². The van der Waals surface area contributed by atoms with Crippen molar-refractivity contribution in [2.24, 2.45) is 5.92 Å². The molecular formula is C9H16O2. The largest absolute Gasteiger partial charge is 0.462 e. The minimum atomic E-state index is -0.0165. The lowest BCUT2D eigenvalue weighted by Crippen LogP contribution is -2.27. The van der Waals surface area contributed by atoms with E-state index in [0.29, 0.717) is 0 Å². The maximum absolute atomic E-state index is 11.2. The summed E-state index contributed by atoms with van der Waals surface area (Å²) in [6, 6.07) is 0. The van der Waals surface area contributed by atoms with Crippen molar-refractivity contribution < 1.29 is 9.53 Å². The van der Waals surface area contributed by atoms with Crippen LogP contribution < -0.4 is 0 Å². The van der Waals surface area contributed by atoms with E-state index in [4.69, 9.17) is 4.74 Å². The first-order chi connectivity index (χ1) is 5.24. The Morgan fingerprint density at radius 3 is 2.64 bits per heavy atom. The second kappa shape index (κ2) is 3.74. The molecule has 2 nitrogen and oxygen atoms in total. The Bertz CT molecular complexity index is 138. The molecule has 1 aliphatic rings. The van der Waals surface area contributed by atoms with Gasteiger partial charge < -0.3 is 4.74 Å². The molecule has 0 bridgehead atoms. The molecule has 0 saturated heterocycles. The van der Waals surface area contributed by atoms with E-state index in [2.05, 4.69) is 0 Å². The highest BCUT2D eigenvalue weighted by atomic mass is 16.5. The number of carbonyl (C=O) groups is 1. The monoisotopic (exact) mass is 156 g/mol. The van der Waals surface area contributed by atoms with Gasteiger partial charge in [-0.2, -0.15) is 0 Å². The van der Waals surface area contributed by atoms with Crippen LogP contribution in [0.5, 0.6) is 0 Å². The Balaban J connectivity index is 2.19. The van der Waals surface area contributed by atoms with Crippen molar-refractivity contribution >= 4 is 5.97 Å². The predicted octanol–water partition coefficient (Wildman–Crippen LogP) is 2.13. The molecule has 2 heteroatoms. The Hall–Kier alpha value is -0.530. The highest BCUT2D eigenvalue weighted by Crippen LogP contribution is 2.23. The van der Waals surface area contributed by atoms with Gasteiger partial charge in [-0.3, -0.25) is 4.79 Å². The molecule has 0 aromatic carbocycles. The van der Waals surface area contributed by atoms with Gasteiger partial charge in [0.2, 0.25) is 0 Å². The minimum Gasteiger partial charge on any atom is -0.462 e. The van der Waals surface area contributed by atoms with Gasteiger partial charge in [-0.15, -0.1) is 0 Å². The Morgan fingerprint density at radius 1 is 1.64 bits per heavy atom. The molecule has 0 aliphatic heterocycles. The second-order valence-corrected chi connectivity index (χ2v) is 3.30. The van der Waals surface area contributed by atoms with Crippen LogP contribution in [0, 0.1) is 5.92 Å². The van der Waals surface area contributed by atoms with Crippen LogP contribution >= 0.6 is 0 Å². The molecule has 0 amide bonds. The van der Waals surface area contributed by atoms with Crippen LogP contribution in [0.2, 0.25) is 0 Å². The number of carbonyl (C=O) groups excluding carboxylic acids is 1. The number of esters is 1. The first-order valence-electron chi connectivity index (χ1n) is 4.44. The van der Waals surface area contributed by atoms with Crippen LogP contribution in [0.25, 0.3) is 0 Å². The van der Waals surface area contributed by atoms with Crippen LogP contribution in [-0.2, 0) is 9.53 Å². The Morgan fingerprint density at radius 2 is 2.27 bits per heavy atom. The van der Waals surface area contributed by atoms with Gasteiger partial charge in [0.25, 0.3) is 0 Å². The summed E-state index contributed by atoms with van der Waals surface area (Å²) in [5.74, 6) is 0.0628. The molecule has 0 spiro atoms. The maximum atomic E-state index is 11.2. The fourth-order valence-electron chi connectivity index (χ4n) is 0.936. The number of rotatable bonds is 3. The molecule has 1 atom stereocenters. The van der Waals surface area contributed by atoms with Crippen LogP contribution in [0.1, 0.15) is 39.5 Å². The number of ether oxygens (including phenoxy) is 1.